The standard InChI is InChI=1S/C15H19NS/c1-3-5-12-6-4-7-13(8-12)15(16)14-10-17-9-11(14)2/h4,6-10,15H,3,5,16H2,1-2H3. The van der Waals surface area contributed by atoms with E-state index >= 15 is 0 Å². The topological polar surface area (TPSA) is 26.0 Å². The Hall–Kier alpha value is -1.12. The van der Waals surface area contributed by atoms with Crippen LogP contribution in [0.4, 0.5) is 0 Å². The molecule has 17 heavy (non-hydrogen) atoms. The first-order valence-corrected chi connectivity index (χ1v) is 7.03. The Morgan fingerprint density at radius 2 is 2.12 bits per heavy atom. The third kappa shape index (κ3) is 2.76. The van der Waals surface area contributed by atoms with Crippen molar-refractivity contribution in [3.8, 4) is 0 Å². The van der Waals surface area contributed by atoms with Crippen LogP contribution in [0.5, 0.6) is 0 Å². The quantitative estimate of drug-likeness (QED) is 0.863. The summed E-state index contributed by atoms with van der Waals surface area (Å²) in [4.78, 5) is 0. The fourth-order valence-electron chi connectivity index (χ4n) is 2.10. The molecule has 0 saturated carbocycles. The highest BCUT2D eigenvalue weighted by Crippen LogP contribution is 2.26. The summed E-state index contributed by atoms with van der Waals surface area (Å²) >= 11 is 1.72. The van der Waals surface area contributed by atoms with Crippen LogP contribution >= 0.6 is 11.3 Å². The highest BCUT2D eigenvalue weighted by Gasteiger charge is 2.12. The molecule has 1 aromatic heterocycles. The van der Waals surface area contributed by atoms with Crippen LogP contribution in [0.2, 0.25) is 0 Å². The second-order valence-corrected chi connectivity index (χ2v) is 5.23. The summed E-state index contributed by atoms with van der Waals surface area (Å²) in [6, 6.07) is 8.67. The lowest BCUT2D eigenvalue weighted by atomic mass is 9.97. The monoisotopic (exact) mass is 245 g/mol. The van der Waals surface area contributed by atoms with Gasteiger partial charge in [0.15, 0.2) is 0 Å². The second kappa shape index (κ2) is 5.48. The molecule has 0 saturated heterocycles. The van der Waals surface area contributed by atoms with Gasteiger partial charge in [-0.2, -0.15) is 11.3 Å². The van der Waals surface area contributed by atoms with Gasteiger partial charge in [0.05, 0.1) is 6.04 Å². The van der Waals surface area contributed by atoms with Gasteiger partial charge in [0.1, 0.15) is 0 Å². The fourth-order valence-corrected chi connectivity index (χ4v) is 2.99. The van der Waals surface area contributed by atoms with Crippen molar-refractivity contribution in [1.29, 1.82) is 0 Å². The molecule has 0 amide bonds. The van der Waals surface area contributed by atoms with Crippen molar-refractivity contribution in [1.82, 2.24) is 0 Å². The van der Waals surface area contributed by atoms with Crippen LogP contribution < -0.4 is 5.73 Å². The smallest absolute Gasteiger partial charge is 0.0562 e. The lowest BCUT2D eigenvalue weighted by Crippen LogP contribution is -2.12. The van der Waals surface area contributed by atoms with Gasteiger partial charge in [0.2, 0.25) is 0 Å². The molecule has 0 aliphatic carbocycles. The molecule has 0 bridgehead atoms. The molecule has 1 atom stereocenters. The molecule has 90 valence electrons. The summed E-state index contributed by atoms with van der Waals surface area (Å²) in [5.41, 5.74) is 11.5. The maximum atomic E-state index is 6.33. The maximum Gasteiger partial charge on any atom is 0.0562 e. The molecule has 1 aromatic carbocycles. The van der Waals surface area contributed by atoms with E-state index in [1.54, 1.807) is 11.3 Å². The zero-order chi connectivity index (χ0) is 12.3. The third-order valence-corrected chi connectivity index (χ3v) is 3.96. The zero-order valence-electron chi connectivity index (χ0n) is 10.4. The van der Waals surface area contributed by atoms with Crippen molar-refractivity contribution in [3.05, 3.63) is 57.3 Å². The van der Waals surface area contributed by atoms with Crippen LogP contribution in [-0.4, -0.2) is 0 Å². The van der Waals surface area contributed by atoms with Gasteiger partial charge >= 0.3 is 0 Å². The number of hydrogen-bond acceptors (Lipinski definition) is 2. The van der Waals surface area contributed by atoms with Gasteiger partial charge in [0, 0.05) is 0 Å². The van der Waals surface area contributed by atoms with Crippen LogP contribution in [0.3, 0.4) is 0 Å². The van der Waals surface area contributed by atoms with E-state index in [1.165, 1.54) is 28.7 Å². The summed E-state index contributed by atoms with van der Waals surface area (Å²) in [6.45, 7) is 4.33. The van der Waals surface area contributed by atoms with Crippen molar-refractivity contribution < 1.29 is 0 Å². The van der Waals surface area contributed by atoms with E-state index in [0.717, 1.165) is 6.42 Å². The van der Waals surface area contributed by atoms with Gasteiger partial charge in [-0.3, -0.25) is 0 Å². The molecule has 0 spiro atoms. The van der Waals surface area contributed by atoms with Gasteiger partial charge in [-0.05, 0) is 46.4 Å². The van der Waals surface area contributed by atoms with E-state index in [-0.39, 0.29) is 6.04 Å². The highest BCUT2D eigenvalue weighted by molar-refractivity contribution is 7.08. The number of hydrogen-bond donors (Lipinski definition) is 1. The van der Waals surface area contributed by atoms with Gasteiger partial charge in [-0.15, -0.1) is 0 Å². The van der Waals surface area contributed by atoms with Gasteiger partial charge < -0.3 is 5.73 Å². The molecule has 1 nitrogen and oxygen atoms in total. The summed E-state index contributed by atoms with van der Waals surface area (Å²) < 4.78 is 0. The number of rotatable bonds is 4. The average molecular weight is 245 g/mol. The van der Waals surface area contributed by atoms with Crippen LogP contribution in [0.25, 0.3) is 0 Å². The first-order valence-electron chi connectivity index (χ1n) is 6.09. The first-order chi connectivity index (χ1) is 8.22. The van der Waals surface area contributed by atoms with E-state index in [2.05, 4.69) is 48.9 Å². The Labute approximate surface area is 107 Å². The Bertz CT molecular complexity index is 487. The normalized spacial score (nSPS) is 12.6. The van der Waals surface area contributed by atoms with Crippen molar-refractivity contribution in [2.24, 2.45) is 5.73 Å². The number of nitrogens with two attached hydrogens (primary N) is 1. The molecule has 1 heterocycles. The molecule has 2 heteroatoms. The third-order valence-electron chi connectivity index (χ3n) is 3.08. The molecule has 1 unspecified atom stereocenters. The molecular weight excluding hydrogens is 226 g/mol. The molecule has 2 N–H and O–H groups in total. The maximum absolute atomic E-state index is 6.33. The minimum atomic E-state index is 0.0121. The Kier molecular flexibility index (Phi) is 3.97. The molecule has 0 aliphatic rings. The molecule has 0 radical (unpaired) electrons. The average Bonchev–Trinajstić information content (AvgIpc) is 2.75. The van der Waals surface area contributed by atoms with Gasteiger partial charge in [0.25, 0.3) is 0 Å². The summed E-state index contributed by atoms with van der Waals surface area (Å²) in [5.74, 6) is 0. The minimum absolute atomic E-state index is 0.0121. The van der Waals surface area contributed by atoms with Crippen molar-refractivity contribution in [2.45, 2.75) is 32.7 Å². The van der Waals surface area contributed by atoms with Crippen LogP contribution in [0.1, 0.15) is 41.6 Å². The SMILES string of the molecule is CCCc1cccc(C(N)c2cscc2C)c1. The Morgan fingerprint density at radius 1 is 1.29 bits per heavy atom. The number of benzene rings is 1. The molecule has 0 aliphatic heterocycles. The lowest BCUT2D eigenvalue weighted by molar-refractivity contribution is 0.856. The number of aryl methyl sites for hydroxylation is 2. The van der Waals surface area contributed by atoms with E-state index in [1.807, 2.05) is 0 Å². The Balaban J connectivity index is 2.28. The molecule has 2 aromatic rings. The van der Waals surface area contributed by atoms with Crippen LogP contribution in [0, 0.1) is 6.92 Å². The highest BCUT2D eigenvalue weighted by atomic mass is 32.1. The zero-order valence-corrected chi connectivity index (χ0v) is 11.3. The first kappa shape index (κ1) is 12.3. The van der Waals surface area contributed by atoms with Crippen LogP contribution in [-0.2, 0) is 6.42 Å². The predicted octanol–water partition coefficient (Wildman–Crippen LogP) is 4.06. The predicted molar refractivity (Wildman–Crippen MR) is 75.5 cm³/mol. The molecule has 0 fully saturated rings. The van der Waals surface area contributed by atoms with Crippen molar-refractivity contribution >= 4 is 11.3 Å². The second-order valence-electron chi connectivity index (χ2n) is 4.48. The summed E-state index contributed by atoms with van der Waals surface area (Å²) in [7, 11) is 0. The lowest BCUT2D eigenvalue weighted by Gasteiger charge is -2.13. The van der Waals surface area contributed by atoms with E-state index in [9.17, 15) is 0 Å². The largest absolute Gasteiger partial charge is 0.320 e. The van der Waals surface area contributed by atoms with Crippen LogP contribution in [0.15, 0.2) is 35.0 Å². The minimum Gasteiger partial charge on any atom is -0.320 e. The van der Waals surface area contributed by atoms with Gasteiger partial charge in [-0.25, -0.2) is 0 Å². The summed E-state index contributed by atoms with van der Waals surface area (Å²) in [5, 5.41) is 4.32. The van der Waals surface area contributed by atoms with E-state index < -0.39 is 0 Å². The molecule has 2 rings (SSSR count). The molecular formula is C15H19NS. The summed E-state index contributed by atoms with van der Waals surface area (Å²) in [6.07, 6.45) is 2.30. The fraction of sp³-hybridized carbons (Fsp3) is 0.333. The van der Waals surface area contributed by atoms with Crippen molar-refractivity contribution in [3.63, 3.8) is 0 Å². The van der Waals surface area contributed by atoms with Crippen molar-refractivity contribution in [2.75, 3.05) is 0 Å². The van der Waals surface area contributed by atoms with Gasteiger partial charge in [-0.1, -0.05) is 37.6 Å². The Morgan fingerprint density at radius 3 is 2.76 bits per heavy atom. The van der Waals surface area contributed by atoms with E-state index in [0.29, 0.717) is 0 Å². The number of thiophene rings is 1. The van der Waals surface area contributed by atoms with E-state index in [4.69, 9.17) is 5.73 Å².